The lowest BCUT2D eigenvalue weighted by molar-refractivity contribution is 0.0950. The first-order chi connectivity index (χ1) is 9.66. The molecule has 1 heterocycles. The van der Waals surface area contributed by atoms with Crippen molar-refractivity contribution in [3.63, 3.8) is 0 Å². The zero-order valence-corrected chi connectivity index (χ0v) is 12.6. The van der Waals surface area contributed by atoms with Crippen LogP contribution in [0.5, 0.6) is 0 Å². The Balaban J connectivity index is 1.76. The molecule has 3 heteroatoms. The van der Waals surface area contributed by atoms with E-state index in [-0.39, 0.29) is 5.91 Å². The molecule has 0 bridgehead atoms. The number of rotatable bonds is 5. The van der Waals surface area contributed by atoms with Crippen molar-refractivity contribution in [2.45, 2.75) is 39.0 Å². The van der Waals surface area contributed by atoms with Crippen molar-refractivity contribution in [3.8, 4) is 0 Å². The summed E-state index contributed by atoms with van der Waals surface area (Å²) >= 11 is 0. The van der Waals surface area contributed by atoms with E-state index < -0.39 is 0 Å². The van der Waals surface area contributed by atoms with E-state index in [9.17, 15) is 4.79 Å². The number of hydrogen-bond donors (Lipinski definition) is 2. The highest BCUT2D eigenvalue weighted by atomic mass is 16.1. The summed E-state index contributed by atoms with van der Waals surface area (Å²) in [7, 11) is 0. The molecule has 1 saturated heterocycles. The van der Waals surface area contributed by atoms with Gasteiger partial charge in [0, 0.05) is 12.1 Å². The normalized spacial score (nSPS) is 19.1. The van der Waals surface area contributed by atoms with Gasteiger partial charge in [-0.25, -0.2) is 0 Å². The fourth-order valence-electron chi connectivity index (χ4n) is 2.68. The first kappa shape index (κ1) is 15.0. The monoisotopic (exact) mass is 274 g/mol. The van der Waals surface area contributed by atoms with Gasteiger partial charge >= 0.3 is 0 Å². The maximum atomic E-state index is 12.0. The van der Waals surface area contributed by atoms with E-state index >= 15 is 0 Å². The van der Waals surface area contributed by atoms with E-state index in [2.05, 4.69) is 24.5 Å². The van der Waals surface area contributed by atoms with Gasteiger partial charge in [0.2, 0.25) is 0 Å². The fraction of sp³-hybridized carbons (Fsp3) is 0.588. The Morgan fingerprint density at radius 2 is 2.10 bits per heavy atom. The maximum absolute atomic E-state index is 12.0. The molecule has 1 aliphatic rings. The molecular formula is C17H26N2O. The van der Waals surface area contributed by atoms with Crippen LogP contribution in [-0.2, 0) is 0 Å². The van der Waals surface area contributed by atoms with Crippen LogP contribution in [0.3, 0.4) is 0 Å². The predicted molar refractivity (Wildman–Crippen MR) is 83.1 cm³/mol. The average Bonchev–Trinajstić information content (AvgIpc) is 2.48. The largest absolute Gasteiger partial charge is 0.352 e. The Kier molecular flexibility index (Phi) is 5.60. The van der Waals surface area contributed by atoms with E-state index in [0.29, 0.717) is 11.8 Å². The molecule has 20 heavy (non-hydrogen) atoms. The summed E-state index contributed by atoms with van der Waals surface area (Å²) in [6.07, 6.45) is 3.62. The lowest BCUT2D eigenvalue weighted by atomic mass is 9.96. The van der Waals surface area contributed by atoms with Crippen LogP contribution in [0.25, 0.3) is 0 Å². The first-order valence-corrected chi connectivity index (χ1v) is 7.75. The van der Waals surface area contributed by atoms with Crippen molar-refractivity contribution in [2.75, 3.05) is 19.6 Å². The number of hydrogen-bond acceptors (Lipinski definition) is 2. The summed E-state index contributed by atoms with van der Waals surface area (Å²) in [5, 5.41) is 6.44. The number of benzene rings is 1. The smallest absolute Gasteiger partial charge is 0.251 e. The third kappa shape index (κ3) is 4.34. The van der Waals surface area contributed by atoms with Gasteiger partial charge in [-0.1, -0.05) is 26.0 Å². The van der Waals surface area contributed by atoms with E-state index in [0.717, 1.165) is 31.6 Å². The Hall–Kier alpha value is -1.35. The second-order valence-corrected chi connectivity index (χ2v) is 6.03. The quantitative estimate of drug-likeness (QED) is 0.867. The topological polar surface area (TPSA) is 41.1 Å². The number of carbonyl (C=O) groups excluding carboxylic acids is 1. The van der Waals surface area contributed by atoms with Crippen molar-refractivity contribution in [3.05, 3.63) is 35.4 Å². The maximum Gasteiger partial charge on any atom is 0.251 e. The van der Waals surface area contributed by atoms with Gasteiger partial charge in [-0.05, 0) is 61.9 Å². The van der Waals surface area contributed by atoms with Crippen LogP contribution in [0.2, 0.25) is 0 Å². The highest BCUT2D eigenvalue weighted by Crippen LogP contribution is 2.15. The van der Waals surface area contributed by atoms with Gasteiger partial charge in [0.1, 0.15) is 0 Å². The van der Waals surface area contributed by atoms with E-state index in [1.807, 2.05) is 24.3 Å². The molecule has 0 spiro atoms. The van der Waals surface area contributed by atoms with Crippen LogP contribution in [0.4, 0.5) is 0 Å². The van der Waals surface area contributed by atoms with Gasteiger partial charge in [-0.15, -0.1) is 0 Å². The van der Waals surface area contributed by atoms with Crippen LogP contribution in [0, 0.1) is 5.92 Å². The van der Waals surface area contributed by atoms with Crippen LogP contribution in [0.15, 0.2) is 24.3 Å². The molecule has 1 aromatic rings. The van der Waals surface area contributed by atoms with E-state index in [1.54, 1.807) is 0 Å². The molecule has 2 N–H and O–H groups in total. The highest BCUT2D eigenvalue weighted by Gasteiger charge is 2.13. The first-order valence-electron chi connectivity index (χ1n) is 7.75. The fourth-order valence-corrected chi connectivity index (χ4v) is 2.68. The summed E-state index contributed by atoms with van der Waals surface area (Å²) in [6.45, 7) is 7.34. The van der Waals surface area contributed by atoms with Crippen molar-refractivity contribution in [1.29, 1.82) is 0 Å². The SMILES string of the molecule is CC(C)c1ccc(C(=O)NCCC2CCCNC2)cc1. The van der Waals surface area contributed by atoms with Gasteiger partial charge in [0.15, 0.2) is 0 Å². The minimum atomic E-state index is 0.0454. The minimum absolute atomic E-state index is 0.0454. The summed E-state index contributed by atoms with van der Waals surface area (Å²) in [5.41, 5.74) is 2.03. The summed E-state index contributed by atoms with van der Waals surface area (Å²) in [5.74, 6) is 1.27. The lowest BCUT2D eigenvalue weighted by Crippen LogP contribution is -2.33. The van der Waals surface area contributed by atoms with Crippen LogP contribution >= 0.6 is 0 Å². The molecule has 1 atom stereocenters. The van der Waals surface area contributed by atoms with Crippen molar-refractivity contribution in [1.82, 2.24) is 10.6 Å². The molecule has 2 rings (SSSR count). The second kappa shape index (κ2) is 7.44. The summed E-state index contributed by atoms with van der Waals surface area (Å²) in [4.78, 5) is 12.0. The second-order valence-electron chi connectivity index (χ2n) is 6.03. The molecule has 0 radical (unpaired) electrons. The van der Waals surface area contributed by atoms with Crippen molar-refractivity contribution < 1.29 is 4.79 Å². The standard InChI is InChI=1S/C17H26N2O/c1-13(2)15-5-7-16(8-6-15)17(20)19-11-9-14-4-3-10-18-12-14/h5-8,13-14,18H,3-4,9-12H2,1-2H3,(H,19,20). The molecule has 0 aromatic heterocycles. The predicted octanol–water partition coefficient (Wildman–Crippen LogP) is 2.93. The lowest BCUT2D eigenvalue weighted by Gasteiger charge is -2.22. The summed E-state index contributed by atoms with van der Waals surface area (Å²) in [6, 6.07) is 7.94. The molecular weight excluding hydrogens is 248 g/mol. The Morgan fingerprint density at radius 3 is 2.70 bits per heavy atom. The van der Waals surface area contributed by atoms with Gasteiger partial charge in [0.05, 0.1) is 0 Å². The Bertz CT molecular complexity index is 419. The van der Waals surface area contributed by atoms with Crippen molar-refractivity contribution in [2.24, 2.45) is 5.92 Å². The van der Waals surface area contributed by atoms with Crippen LogP contribution < -0.4 is 10.6 Å². The number of piperidine rings is 1. The third-order valence-corrected chi connectivity index (χ3v) is 4.08. The number of amides is 1. The highest BCUT2D eigenvalue weighted by molar-refractivity contribution is 5.94. The van der Waals surface area contributed by atoms with Gasteiger partial charge in [-0.3, -0.25) is 4.79 Å². The molecule has 3 nitrogen and oxygen atoms in total. The molecule has 1 aromatic carbocycles. The van der Waals surface area contributed by atoms with Crippen LogP contribution in [0.1, 0.15) is 54.9 Å². The third-order valence-electron chi connectivity index (χ3n) is 4.08. The van der Waals surface area contributed by atoms with Crippen LogP contribution in [-0.4, -0.2) is 25.5 Å². The van der Waals surface area contributed by atoms with Gasteiger partial charge in [-0.2, -0.15) is 0 Å². The molecule has 1 unspecified atom stereocenters. The molecule has 0 aliphatic carbocycles. The summed E-state index contributed by atoms with van der Waals surface area (Å²) < 4.78 is 0. The Labute approximate surface area is 122 Å². The number of carbonyl (C=O) groups is 1. The molecule has 0 saturated carbocycles. The molecule has 1 fully saturated rings. The zero-order chi connectivity index (χ0) is 14.4. The van der Waals surface area contributed by atoms with Gasteiger partial charge in [0.25, 0.3) is 5.91 Å². The van der Waals surface area contributed by atoms with Gasteiger partial charge < -0.3 is 10.6 Å². The van der Waals surface area contributed by atoms with E-state index in [1.165, 1.54) is 18.4 Å². The number of nitrogens with one attached hydrogen (secondary N) is 2. The van der Waals surface area contributed by atoms with Crippen molar-refractivity contribution >= 4 is 5.91 Å². The zero-order valence-electron chi connectivity index (χ0n) is 12.6. The Morgan fingerprint density at radius 1 is 1.35 bits per heavy atom. The minimum Gasteiger partial charge on any atom is -0.352 e. The average molecular weight is 274 g/mol. The molecule has 1 amide bonds. The van der Waals surface area contributed by atoms with E-state index in [4.69, 9.17) is 0 Å². The molecule has 1 aliphatic heterocycles. The molecule has 110 valence electrons.